The van der Waals surface area contributed by atoms with Crippen LogP contribution in [0.3, 0.4) is 0 Å². The first-order valence-corrected chi connectivity index (χ1v) is 4.69. The highest BCUT2D eigenvalue weighted by Crippen LogP contribution is 2.18. The Hall–Kier alpha value is -1.20. The third-order valence-electron chi connectivity index (χ3n) is 1.61. The van der Waals surface area contributed by atoms with E-state index in [2.05, 4.69) is 11.8 Å². The quantitative estimate of drug-likeness (QED) is 0.541. The molecular formula is C11H10ClFO. The number of hydrogen-bond acceptors (Lipinski definition) is 1. The van der Waals surface area contributed by atoms with Crippen molar-refractivity contribution in [3.63, 3.8) is 0 Å². The zero-order valence-corrected chi connectivity index (χ0v) is 8.57. The molecule has 0 aliphatic heterocycles. The van der Waals surface area contributed by atoms with Crippen molar-refractivity contribution in [1.29, 1.82) is 0 Å². The molecule has 0 bridgehead atoms. The summed E-state index contributed by atoms with van der Waals surface area (Å²) in [7, 11) is 1.49. The van der Waals surface area contributed by atoms with Gasteiger partial charge in [0.25, 0.3) is 0 Å². The van der Waals surface area contributed by atoms with Gasteiger partial charge >= 0.3 is 0 Å². The molecule has 1 aromatic carbocycles. The fraction of sp³-hybridized carbons (Fsp3) is 0.273. The van der Waals surface area contributed by atoms with Crippen LogP contribution in [0.2, 0.25) is 0 Å². The number of halogens is 2. The summed E-state index contributed by atoms with van der Waals surface area (Å²) in [5, 5.41) is 0. The van der Waals surface area contributed by atoms with Crippen LogP contribution in [-0.4, -0.2) is 13.0 Å². The van der Waals surface area contributed by atoms with Crippen LogP contribution in [-0.2, 0) is 0 Å². The molecule has 1 nitrogen and oxygen atoms in total. The van der Waals surface area contributed by atoms with Crippen LogP contribution in [0.25, 0.3) is 0 Å². The van der Waals surface area contributed by atoms with E-state index in [1.807, 2.05) is 0 Å². The summed E-state index contributed by atoms with van der Waals surface area (Å²) >= 11 is 5.47. The molecule has 0 radical (unpaired) electrons. The Morgan fingerprint density at radius 3 is 2.93 bits per heavy atom. The zero-order valence-electron chi connectivity index (χ0n) is 7.81. The molecule has 0 amide bonds. The first-order valence-electron chi connectivity index (χ1n) is 4.16. The first kappa shape index (κ1) is 10.9. The average molecular weight is 213 g/mol. The molecule has 0 heterocycles. The Morgan fingerprint density at radius 2 is 2.29 bits per heavy atom. The van der Waals surface area contributed by atoms with Crippen molar-refractivity contribution in [3.8, 4) is 17.6 Å². The molecule has 0 saturated heterocycles. The van der Waals surface area contributed by atoms with Crippen molar-refractivity contribution in [1.82, 2.24) is 0 Å². The van der Waals surface area contributed by atoms with Crippen LogP contribution in [0.15, 0.2) is 18.2 Å². The minimum atomic E-state index is -0.329. The Labute approximate surface area is 87.8 Å². The van der Waals surface area contributed by atoms with Crippen LogP contribution in [0.1, 0.15) is 12.0 Å². The van der Waals surface area contributed by atoms with Crippen LogP contribution in [0, 0.1) is 17.7 Å². The normalized spacial score (nSPS) is 9.07. The van der Waals surface area contributed by atoms with Crippen molar-refractivity contribution in [3.05, 3.63) is 29.6 Å². The van der Waals surface area contributed by atoms with Gasteiger partial charge in [0, 0.05) is 18.4 Å². The molecule has 0 aliphatic carbocycles. The molecule has 0 atom stereocenters. The number of methoxy groups -OCH3 is 1. The second kappa shape index (κ2) is 5.51. The minimum absolute atomic E-state index is 0.329. The van der Waals surface area contributed by atoms with Crippen molar-refractivity contribution < 1.29 is 9.13 Å². The number of ether oxygens (including phenoxy) is 1. The van der Waals surface area contributed by atoms with Gasteiger partial charge in [0.2, 0.25) is 0 Å². The van der Waals surface area contributed by atoms with Gasteiger partial charge in [0.05, 0.1) is 12.7 Å². The Morgan fingerprint density at radius 1 is 1.50 bits per heavy atom. The average Bonchev–Trinajstić information content (AvgIpc) is 2.20. The van der Waals surface area contributed by atoms with E-state index < -0.39 is 0 Å². The molecule has 1 rings (SSSR count). The molecule has 0 aliphatic rings. The molecule has 74 valence electrons. The standard InChI is InChI=1S/C11H10ClFO/c1-14-11-8-10(13)6-5-9(11)4-2-3-7-12/h5-6,8H,3,7H2,1H3. The van der Waals surface area contributed by atoms with Crippen LogP contribution >= 0.6 is 11.6 Å². The maximum atomic E-state index is 12.8. The van der Waals surface area contributed by atoms with Crippen LogP contribution < -0.4 is 4.74 Å². The summed E-state index contributed by atoms with van der Waals surface area (Å²) in [5.74, 6) is 6.35. The van der Waals surface area contributed by atoms with E-state index in [0.29, 0.717) is 23.6 Å². The molecule has 0 spiro atoms. The SMILES string of the molecule is COc1cc(F)ccc1C#CCCCl. The number of hydrogen-bond donors (Lipinski definition) is 0. The van der Waals surface area contributed by atoms with E-state index >= 15 is 0 Å². The predicted octanol–water partition coefficient (Wildman–Crippen LogP) is 2.81. The molecule has 0 aromatic heterocycles. The third-order valence-corrected chi connectivity index (χ3v) is 1.80. The fourth-order valence-corrected chi connectivity index (χ4v) is 1.07. The lowest BCUT2D eigenvalue weighted by Gasteiger charge is -2.01. The summed E-state index contributed by atoms with van der Waals surface area (Å²) < 4.78 is 17.8. The summed E-state index contributed by atoms with van der Waals surface area (Å²) in [6, 6.07) is 4.26. The highest BCUT2D eigenvalue weighted by atomic mass is 35.5. The molecule has 0 saturated carbocycles. The number of alkyl halides is 1. The topological polar surface area (TPSA) is 9.23 Å². The highest BCUT2D eigenvalue weighted by Gasteiger charge is 2.00. The minimum Gasteiger partial charge on any atom is -0.495 e. The second-order valence-electron chi connectivity index (χ2n) is 2.59. The number of rotatable bonds is 2. The molecular weight excluding hydrogens is 203 g/mol. The van der Waals surface area contributed by atoms with Crippen molar-refractivity contribution in [2.45, 2.75) is 6.42 Å². The summed E-state index contributed by atoms with van der Waals surface area (Å²) in [6.07, 6.45) is 0.613. The van der Waals surface area contributed by atoms with Gasteiger partial charge in [-0.15, -0.1) is 11.6 Å². The molecule has 14 heavy (non-hydrogen) atoms. The van der Waals surface area contributed by atoms with Gasteiger partial charge in [-0.2, -0.15) is 0 Å². The largest absolute Gasteiger partial charge is 0.495 e. The monoisotopic (exact) mass is 212 g/mol. The van der Waals surface area contributed by atoms with Crippen LogP contribution in [0.5, 0.6) is 5.75 Å². The van der Waals surface area contributed by atoms with E-state index in [1.54, 1.807) is 6.07 Å². The molecule has 0 unspecified atom stereocenters. The molecule has 0 N–H and O–H groups in total. The van der Waals surface area contributed by atoms with E-state index in [1.165, 1.54) is 19.2 Å². The first-order chi connectivity index (χ1) is 6.77. The zero-order chi connectivity index (χ0) is 10.4. The van der Waals surface area contributed by atoms with Gasteiger partial charge in [-0.3, -0.25) is 0 Å². The van der Waals surface area contributed by atoms with Crippen molar-refractivity contribution >= 4 is 11.6 Å². The lowest BCUT2D eigenvalue weighted by atomic mass is 10.2. The predicted molar refractivity (Wildman–Crippen MR) is 55.2 cm³/mol. The second-order valence-corrected chi connectivity index (χ2v) is 2.96. The summed E-state index contributed by atoms with van der Waals surface area (Å²) in [5.41, 5.74) is 0.680. The van der Waals surface area contributed by atoms with E-state index in [9.17, 15) is 4.39 Å². The molecule has 1 aromatic rings. The van der Waals surface area contributed by atoms with Gasteiger partial charge < -0.3 is 4.74 Å². The summed E-state index contributed by atoms with van der Waals surface area (Å²) in [4.78, 5) is 0. The number of benzene rings is 1. The van der Waals surface area contributed by atoms with Gasteiger partial charge in [-0.05, 0) is 12.1 Å². The lowest BCUT2D eigenvalue weighted by molar-refractivity contribution is 0.410. The lowest BCUT2D eigenvalue weighted by Crippen LogP contribution is -1.88. The van der Waals surface area contributed by atoms with Crippen molar-refractivity contribution in [2.75, 3.05) is 13.0 Å². The van der Waals surface area contributed by atoms with Gasteiger partial charge in [-0.25, -0.2) is 4.39 Å². The van der Waals surface area contributed by atoms with Gasteiger partial charge in [0.15, 0.2) is 0 Å². The highest BCUT2D eigenvalue weighted by molar-refractivity contribution is 6.18. The Kier molecular flexibility index (Phi) is 4.28. The van der Waals surface area contributed by atoms with E-state index in [-0.39, 0.29) is 5.82 Å². The molecule has 0 fully saturated rings. The third kappa shape index (κ3) is 2.93. The van der Waals surface area contributed by atoms with Gasteiger partial charge in [0.1, 0.15) is 11.6 Å². The van der Waals surface area contributed by atoms with E-state index in [0.717, 1.165) is 0 Å². The maximum Gasteiger partial charge on any atom is 0.137 e. The van der Waals surface area contributed by atoms with E-state index in [4.69, 9.17) is 16.3 Å². The van der Waals surface area contributed by atoms with Crippen molar-refractivity contribution in [2.24, 2.45) is 0 Å². The van der Waals surface area contributed by atoms with Crippen LogP contribution in [0.4, 0.5) is 4.39 Å². The molecule has 3 heteroatoms. The Balaban J connectivity index is 2.92. The maximum absolute atomic E-state index is 12.8. The summed E-state index contributed by atoms with van der Waals surface area (Å²) in [6.45, 7) is 0. The fourth-order valence-electron chi connectivity index (χ4n) is 0.973. The van der Waals surface area contributed by atoms with Gasteiger partial charge in [-0.1, -0.05) is 11.8 Å². The Bertz CT molecular complexity index is 365. The smallest absolute Gasteiger partial charge is 0.137 e.